The van der Waals surface area contributed by atoms with E-state index in [4.69, 9.17) is 31.3 Å². The Hall–Kier alpha value is -4.38. The van der Waals surface area contributed by atoms with E-state index >= 15 is 4.39 Å². The van der Waals surface area contributed by atoms with Gasteiger partial charge in [0.05, 0.1) is 33.2 Å². The molecule has 0 radical (unpaired) electrons. The lowest BCUT2D eigenvalue weighted by Gasteiger charge is -2.44. The SMILES string of the molecule is C=Cc1nc(C(C)C)c(-n2c(=O)nc(N3C[C@@H](C)N(C(=O)OC(C)(C)C)C[C@@H]3C)c3cc(Cl)c(-c4ccccc4F)nc32)c(C(C)C)n1. The number of amides is 1. The van der Waals surface area contributed by atoms with Crippen molar-refractivity contribution in [3.63, 3.8) is 0 Å². The van der Waals surface area contributed by atoms with Crippen molar-refractivity contribution in [2.24, 2.45) is 0 Å². The summed E-state index contributed by atoms with van der Waals surface area (Å²) in [6.45, 7) is 21.9. The number of carbonyl (C=O) groups is 1. The maximum atomic E-state index is 15.2. The average molecular weight is 676 g/mol. The van der Waals surface area contributed by atoms with Crippen LogP contribution in [0, 0.1) is 5.82 Å². The summed E-state index contributed by atoms with van der Waals surface area (Å²) in [6, 6.07) is 7.40. The summed E-state index contributed by atoms with van der Waals surface area (Å²) in [5, 5.41) is 0.682. The lowest BCUT2D eigenvalue weighted by molar-refractivity contribution is 0.0130. The molecule has 2 atom stereocenters. The quantitative estimate of drug-likeness (QED) is 0.204. The van der Waals surface area contributed by atoms with Crippen molar-refractivity contribution in [1.82, 2.24) is 29.4 Å². The molecule has 0 bridgehead atoms. The number of benzene rings is 1. The number of aromatic nitrogens is 5. The molecule has 1 fully saturated rings. The van der Waals surface area contributed by atoms with Crippen LogP contribution in [0.1, 0.15) is 91.4 Å². The van der Waals surface area contributed by atoms with Gasteiger partial charge in [-0.2, -0.15) is 4.98 Å². The Balaban J connectivity index is 1.81. The minimum Gasteiger partial charge on any atom is -0.444 e. The van der Waals surface area contributed by atoms with Gasteiger partial charge < -0.3 is 14.5 Å². The molecule has 3 aromatic heterocycles. The summed E-state index contributed by atoms with van der Waals surface area (Å²) in [7, 11) is 0. The lowest BCUT2D eigenvalue weighted by atomic mass is 10.0. The van der Waals surface area contributed by atoms with E-state index < -0.39 is 23.2 Å². The average Bonchev–Trinajstić information content (AvgIpc) is 3.00. The number of hydrogen-bond acceptors (Lipinski definition) is 8. The molecular weight excluding hydrogens is 633 g/mol. The number of rotatable bonds is 6. The van der Waals surface area contributed by atoms with Gasteiger partial charge in [-0.1, -0.05) is 58.0 Å². The van der Waals surface area contributed by atoms with Crippen molar-refractivity contribution in [2.45, 2.75) is 91.8 Å². The van der Waals surface area contributed by atoms with Gasteiger partial charge in [0.15, 0.2) is 11.5 Å². The third kappa shape index (κ3) is 6.65. The Morgan fingerprint density at radius 2 is 1.65 bits per heavy atom. The van der Waals surface area contributed by atoms with Gasteiger partial charge in [-0.3, -0.25) is 0 Å². The van der Waals surface area contributed by atoms with Gasteiger partial charge in [0.25, 0.3) is 0 Å². The first-order chi connectivity index (χ1) is 22.5. The van der Waals surface area contributed by atoms with E-state index in [1.807, 2.05) is 67.2 Å². The predicted octanol–water partition coefficient (Wildman–Crippen LogP) is 7.75. The monoisotopic (exact) mass is 675 g/mol. The summed E-state index contributed by atoms with van der Waals surface area (Å²) in [4.78, 5) is 50.3. The highest BCUT2D eigenvalue weighted by Gasteiger charge is 2.37. The summed E-state index contributed by atoms with van der Waals surface area (Å²) < 4.78 is 22.3. The molecule has 0 unspecified atom stereocenters. The molecule has 1 aliphatic heterocycles. The summed E-state index contributed by atoms with van der Waals surface area (Å²) >= 11 is 6.89. The first kappa shape index (κ1) is 34.9. The van der Waals surface area contributed by atoms with E-state index in [-0.39, 0.29) is 45.8 Å². The highest BCUT2D eigenvalue weighted by molar-refractivity contribution is 6.33. The van der Waals surface area contributed by atoms with Gasteiger partial charge in [-0.05, 0) is 70.7 Å². The van der Waals surface area contributed by atoms with Gasteiger partial charge >= 0.3 is 11.8 Å². The fraction of sp³-hybridized carbons (Fsp3) is 0.444. The topological polar surface area (TPSA) is 106 Å². The van der Waals surface area contributed by atoms with Crippen LogP contribution in [-0.4, -0.2) is 66.3 Å². The standard InChI is InChI=1S/C36H43ClFN7O3/c1-11-27-39-28(19(2)3)31(29(40-27)20(4)5)45-33-24(16-25(37)30(41-33)23-14-12-13-15-26(23)38)32(42-34(45)46)43-17-22(7)44(18-21(43)6)35(47)48-36(8,9)10/h11-16,19-22H,1,17-18H2,2-10H3/t21-,22+/m0/s1. The number of ether oxygens (including phenoxy) is 1. The van der Waals surface area contributed by atoms with Crippen molar-refractivity contribution in [2.75, 3.05) is 18.0 Å². The molecule has 1 aromatic carbocycles. The highest BCUT2D eigenvalue weighted by Crippen LogP contribution is 2.37. The van der Waals surface area contributed by atoms with Crippen LogP contribution in [0.25, 0.3) is 34.1 Å². The van der Waals surface area contributed by atoms with Crippen molar-refractivity contribution in [3.05, 3.63) is 75.4 Å². The number of pyridine rings is 1. The molecule has 48 heavy (non-hydrogen) atoms. The van der Waals surface area contributed by atoms with Crippen LogP contribution in [0.4, 0.5) is 15.0 Å². The summed E-state index contributed by atoms with van der Waals surface area (Å²) in [5.41, 5.74) is 1.10. The Morgan fingerprint density at radius 1 is 1.02 bits per heavy atom. The van der Waals surface area contributed by atoms with Crippen molar-refractivity contribution in [3.8, 4) is 16.9 Å². The number of fused-ring (bicyclic) bond motifs is 1. The van der Waals surface area contributed by atoms with Crippen LogP contribution in [0.3, 0.4) is 0 Å². The molecule has 0 spiro atoms. The molecule has 10 nitrogen and oxygen atoms in total. The fourth-order valence-corrected chi connectivity index (χ4v) is 6.25. The molecular formula is C36H43ClFN7O3. The smallest absolute Gasteiger partial charge is 0.410 e. The number of hydrogen-bond donors (Lipinski definition) is 0. The second kappa shape index (κ2) is 13.3. The largest absolute Gasteiger partial charge is 0.444 e. The minimum absolute atomic E-state index is 0.110. The molecule has 12 heteroatoms. The summed E-state index contributed by atoms with van der Waals surface area (Å²) in [5.74, 6) is 0.0908. The second-order valence-electron chi connectivity index (χ2n) is 13.9. The van der Waals surface area contributed by atoms with Crippen LogP contribution in [0.2, 0.25) is 5.02 Å². The van der Waals surface area contributed by atoms with Crippen molar-refractivity contribution < 1.29 is 13.9 Å². The Bertz CT molecular complexity index is 1920. The van der Waals surface area contributed by atoms with Crippen LogP contribution in [0.5, 0.6) is 0 Å². The van der Waals surface area contributed by atoms with Gasteiger partial charge in [0.2, 0.25) is 0 Å². The van der Waals surface area contributed by atoms with Crippen molar-refractivity contribution >= 4 is 40.6 Å². The zero-order valence-corrected chi connectivity index (χ0v) is 29.8. The molecule has 0 saturated carbocycles. The maximum absolute atomic E-state index is 15.2. The van der Waals surface area contributed by atoms with Gasteiger partial charge in [0.1, 0.15) is 17.2 Å². The van der Waals surface area contributed by atoms with Gasteiger partial charge in [0, 0.05) is 30.7 Å². The second-order valence-corrected chi connectivity index (χ2v) is 14.3. The van der Waals surface area contributed by atoms with E-state index in [0.717, 1.165) is 0 Å². The third-order valence-electron chi connectivity index (χ3n) is 8.27. The first-order valence-electron chi connectivity index (χ1n) is 16.2. The zero-order chi connectivity index (χ0) is 35.2. The molecule has 4 aromatic rings. The van der Waals surface area contributed by atoms with Crippen LogP contribution >= 0.6 is 11.6 Å². The van der Waals surface area contributed by atoms with E-state index in [1.165, 1.54) is 10.6 Å². The summed E-state index contributed by atoms with van der Waals surface area (Å²) in [6.07, 6.45) is 1.18. The number of carbonyl (C=O) groups excluding carboxylic acids is 1. The Labute approximate surface area is 285 Å². The zero-order valence-electron chi connectivity index (χ0n) is 29.0. The number of piperazine rings is 1. The highest BCUT2D eigenvalue weighted by atomic mass is 35.5. The maximum Gasteiger partial charge on any atom is 0.410 e. The third-order valence-corrected chi connectivity index (χ3v) is 8.56. The predicted molar refractivity (Wildman–Crippen MR) is 189 cm³/mol. The Kier molecular flexibility index (Phi) is 9.65. The number of nitrogens with zero attached hydrogens (tertiary/aromatic N) is 7. The van der Waals surface area contributed by atoms with Crippen LogP contribution in [-0.2, 0) is 4.74 Å². The van der Waals surface area contributed by atoms with Crippen LogP contribution in [0.15, 0.2) is 41.7 Å². The first-order valence-corrected chi connectivity index (χ1v) is 16.6. The molecule has 5 rings (SSSR count). The normalized spacial score (nSPS) is 17.0. The van der Waals surface area contributed by atoms with Crippen LogP contribution < -0.4 is 10.6 Å². The molecule has 0 aliphatic carbocycles. The van der Waals surface area contributed by atoms with E-state index in [0.29, 0.717) is 47.2 Å². The number of anilines is 1. The molecule has 0 N–H and O–H groups in total. The van der Waals surface area contributed by atoms with Crippen molar-refractivity contribution in [1.29, 1.82) is 0 Å². The molecule has 254 valence electrons. The lowest BCUT2D eigenvalue weighted by Crippen LogP contribution is -2.59. The minimum atomic E-state index is -0.644. The molecule has 1 aliphatic rings. The van der Waals surface area contributed by atoms with Gasteiger partial charge in [-0.15, -0.1) is 0 Å². The number of halogens is 2. The molecule has 1 amide bonds. The van der Waals surface area contributed by atoms with E-state index in [9.17, 15) is 9.59 Å². The molecule has 4 heterocycles. The molecule has 1 saturated heterocycles. The van der Waals surface area contributed by atoms with E-state index in [2.05, 4.69) is 11.6 Å². The van der Waals surface area contributed by atoms with E-state index in [1.54, 1.807) is 35.2 Å². The fourth-order valence-electron chi connectivity index (χ4n) is 6.00. The Morgan fingerprint density at radius 3 is 2.21 bits per heavy atom. The van der Waals surface area contributed by atoms with Gasteiger partial charge in [-0.25, -0.2) is 33.5 Å².